The Morgan fingerprint density at radius 1 is 1.31 bits per heavy atom. The van der Waals surface area contributed by atoms with E-state index in [1.165, 1.54) is 23.5 Å². The lowest BCUT2D eigenvalue weighted by Crippen LogP contribution is -2.41. The number of aliphatic hydroxyl groups is 2. The summed E-state index contributed by atoms with van der Waals surface area (Å²) >= 11 is 1.43. The van der Waals surface area contributed by atoms with Gasteiger partial charge < -0.3 is 20.4 Å². The molecule has 8 heteroatoms. The molecule has 26 heavy (non-hydrogen) atoms. The molecule has 0 bridgehead atoms. The number of aromatic nitrogens is 1. The van der Waals surface area contributed by atoms with Crippen LogP contribution in [-0.2, 0) is 6.54 Å². The third-order valence-corrected chi connectivity index (χ3v) is 5.43. The van der Waals surface area contributed by atoms with Crippen molar-refractivity contribution >= 4 is 17.4 Å². The molecule has 2 amide bonds. The molecule has 0 spiro atoms. The van der Waals surface area contributed by atoms with Crippen LogP contribution in [0, 0.1) is 5.82 Å². The predicted molar refractivity (Wildman–Crippen MR) is 97.2 cm³/mol. The Morgan fingerprint density at radius 2 is 2.08 bits per heavy atom. The van der Waals surface area contributed by atoms with Crippen molar-refractivity contribution in [3.05, 3.63) is 40.5 Å². The minimum Gasteiger partial charge on any atom is -0.393 e. The molecule has 2 aromatic rings. The third-order valence-electron chi connectivity index (χ3n) is 4.58. The molecule has 6 nitrogen and oxygen atoms in total. The summed E-state index contributed by atoms with van der Waals surface area (Å²) in [5, 5.41) is 24.9. The minimum atomic E-state index is -1.09. The number of carbonyl (C=O) groups is 1. The lowest BCUT2D eigenvalue weighted by Gasteiger charge is -2.24. The van der Waals surface area contributed by atoms with E-state index in [1.807, 2.05) is 5.38 Å². The molecule has 1 saturated heterocycles. The highest BCUT2D eigenvalue weighted by atomic mass is 32.1. The minimum absolute atomic E-state index is 0.203. The quantitative estimate of drug-likeness (QED) is 0.761. The van der Waals surface area contributed by atoms with Gasteiger partial charge >= 0.3 is 6.03 Å². The number of nitrogens with zero attached hydrogens (tertiary/aromatic N) is 2. The number of carbonyl (C=O) groups excluding carboxylic acids is 1. The van der Waals surface area contributed by atoms with E-state index in [0.29, 0.717) is 38.9 Å². The number of thiazole rings is 1. The number of amides is 2. The van der Waals surface area contributed by atoms with Gasteiger partial charge in [0.1, 0.15) is 10.8 Å². The maximum atomic E-state index is 13.0. The van der Waals surface area contributed by atoms with E-state index >= 15 is 0 Å². The molecule has 0 aliphatic carbocycles. The summed E-state index contributed by atoms with van der Waals surface area (Å²) < 4.78 is 13.0. The molecular formula is C18H22FN3O3S. The summed E-state index contributed by atoms with van der Waals surface area (Å²) in [5.74, 6) is -0.290. The molecule has 3 N–H and O–H groups in total. The van der Waals surface area contributed by atoms with Crippen molar-refractivity contribution in [1.82, 2.24) is 15.2 Å². The second-order valence-electron chi connectivity index (χ2n) is 6.52. The van der Waals surface area contributed by atoms with Crippen molar-refractivity contribution in [3.8, 4) is 11.3 Å². The SMILES string of the molecule is O=C(NCc1nc(-c2ccc(F)cc2)cs1)N1CCC[C@](O)(CO)CC1. The van der Waals surface area contributed by atoms with E-state index in [4.69, 9.17) is 0 Å². The van der Waals surface area contributed by atoms with Gasteiger partial charge in [0.25, 0.3) is 0 Å². The second-order valence-corrected chi connectivity index (χ2v) is 7.46. The van der Waals surface area contributed by atoms with Gasteiger partial charge in [-0.05, 0) is 43.5 Å². The van der Waals surface area contributed by atoms with Crippen molar-refractivity contribution in [2.75, 3.05) is 19.7 Å². The molecular weight excluding hydrogens is 357 g/mol. The van der Waals surface area contributed by atoms with Crippen molar-refractivity contribution in [2.45, 2.75) is 31.4 Å². The van der Waals surface area contributed by atoms with Gasteiger partial charge in [0, 0.05) is 24.0 Å². The zero-order valence-corrected chi connectivity index (χ0v) is 15.1. The largest absolute Gasteiger partial charge is 0.393 e. The van der Waals surface area contributed by atoms with Gasteiger partial charge in [0.05, 0.1) is 24.4 Å². The predicted octanol–water partition coefficient (Wildman–Crippen LogP) is 2.37. The molecule has 0 saturated carbocycles. The summed E-state index contributed by atoms with van der Waals surface area (Å²) in [4.78, 5) is 18.5. The highest BCUT2D eigenvalue weighted by Crippen LogP contribution is 2.23. The van der Waals surface area contributed by atoms with Crippen LogP contribution in [0.3, 0.4) is 0 Å². The Hall–Kier alpha value is -2.03. The molecule has 3 rings (SSSR count). The Labute approximate surface area is 155 Å². The number of nitrogens with one attached hydrogen (secondary N) is 1. The van der Waals surface area contributed by atoms with Gasteiger partial charge in [0.15, 0.2) is 0 Å². The molecule has 1 atom stereocenters. The zero-order chi connectivity index (χ0) is 18.6. The summed E-state index contributed by atoms with van der Waals surface area (Å²) in [6.45, 7) is 0.980. The third kappa shape index (κ3) is 4.57. The van der Waals surface area contributed by atoms with Crippen LogP contribution in [0.1, 0.15) is 24.3 Å². The van der Waals surface area contributed by atoms with Gasteiger partial charge in [0.2, 0.25) is 0 Å². The maximum Gasteiger partial charge on any atom is 0.317 e. The summed E-state index contributed by atoms with van der Waals surface area (Å²) in [7, 11) is 0. The van der Waals surface area contributed by atoms with Crippen LogP contribution in [0.4, 0.5) is 9.18 Å². The number of hydrogen-bond donors (Lipinski definition) is 3. The summed E-state index contributed by atoms with van der Waals surface area (Å²) in [5.41, 5.74) is 0.493. The van der Waals surface area contributed by atoms with Gasteiger partial charge in [-0.15, -0.1) is 11.3 Å². The Balaban J connectivity index is 1.54. The highest BCUT2D eigenvalue weighted by Gasteiger charge is 2.30. The fourth-order valence-corrected chi connectivity index (χ4v) is 3.69. The number of urea groups is 1. The molecule has 0 unspecified atom stereocenters. The lowest BCUT2D eigenvalue weighted by molar-refractivity contribution is -0.0248. The number of likely N-dealkylation sites (tertiary alicyclic amines) is 1. The lowest BCUT2D eigenvalue weighted by atomic mass is 9.96. The second kappa shape index (κ2) is 8.11. The number of hydrogen-bond acceptors (Lipinski definition) is 5. The molecule has 1 aromatic carbocycles. The summed E-state index contributed by atoms with van der Waals surface area (Å²) in [6, 6.07) is 5.93. The first-order chi connectivity index (χ1) is 12.5. The van der Waals surface area contributed by atoms with Gasteiger partial charge in [-0.1, -0.05) is 0 Å². The van der Waals surface area contributed by atoms with E-state index in [9.17, 15) is 19.4 Å². The summed E-state index contributed by atoms with van der Waals surface area (Å²) in [6.07, 6.45) is 1.50. The highest BCUT2D eigenvalue weighted by molar-refractivity contribution is 7.09. The van der Waals surface area contributed by atoms with Crippen molar-refractivity contribution < 1.29 is 19.4 Å². The monoisotopic (exact) mass is 379 g/mol. The molecule has 140 valence electrons. The average molecular weight is 379 g/mol. The zero-order valence-electron chi connectivity index (χ0n) is 14.3. The van der Waals surface area contributed by atoms with Crippen molar-refractivity contribution in [2.24, 2.45) is 0 Å². The van der Waals surface area contributed by atoms with Crippen LogP contribution in [0.5, 0.6) is 0 Å². The first kappa shape index (κ1) is 18.8. The average Bonchev–Trinajstić information content (AvgIpc) is 3.03. The van der Waals surface area contributed by atoms with Gasteiger partial charge in [-0.3, -0.25) is 0 Å². The number of aliphatic hydroxyl groups excluding tert-OH is 1. The number of halogens is 1. The smallest absolute Gasteiger partial charge is 0.317 e. The van der Waals surface area contributed by atoms with Gasteiger partial charge in [-0.25, -0.2) is 14.2 Å². The fourth-order valence-electron chi connectivity index (χ4n) is 2.95. The molecule has 2 heterocycles. The molecule has 1 aliphatic heterocycles. The van der Waals surface area contributed by atoms with Crippen molar-refractivity contribution in [3.63, 3.8) is 0 Å². The standard InChI is InChI=1S/C18H22FN3O3S/c19-14-4-2-13(3-5-14)15-11-26-16(21-15)10-20-17(24)22-8-1-6-18(25,12-23)7-9-22/h2-5,11,23,25H,1,6-10,12H2,(H,20,24)/t18-/m1/s1. The van der Waals surface area contributed by atoms with Crippen LogP contribution in [0.15, 0.2) is 29.6 Å². The normalized spacial score (nSPS) is 20.7. The van der Waals surface area contributed by atoms with E-state index in [-0.39, 0.29) is 18.5 Å². The molecule has 0 radical (unpaired) electrons. The topological polar surface area (TPSA) is 85.7 Å². The Kier molecular flexibility index (Phi) is 5.85. The molecule has 1 fully saturated rings. The van der Waals surface area contributed by atoms with Crippen LogP contribution in [0.25, 0.3) is 11.3 Å². The van der Waals surface area contributed by atoms with E-state index in [2.05, 4.69) is 10.3 Å². The van der Waals surface area contributed by atoms with Crippen molar-refractivity contribution in [1.29, 1.82) is 0 Å². The maximum absolute atomic E-state index is 13.0. The Morgan fingerprint density at radius 3 is 2.81 bits per heavy atom. The van der Waals surface area contributed by atoms with Crippen LogP contribution in [-0.4, -0.2) is 51.4 Å². The first-order valence-corrected chi connectivity index (χ1v) is 9.43. The van der Waals surface area contributed by atoms with Crippen LogP contribution >= 0.6 is 11.3 Å². The van der Waals surface area contributed by atoms with E-state index in [0.717, 1.165) is 16.3 Å². The Bertz CT molecular complexity index is 752. The molecule has 1 aromatic heterocycles. The van der Waals surface area contributed by atoms with E-state index < -0.39 is 5.60 Å². The number of rotatable bonds is 4. The molecule has 1 aliphatic rings. The van der Waals surface area contributed by atoms with E-state index in [1.54, 1.807) is 17.0 Å². The van der Waals surface area contributed by atoms with Gasteiger partial charge in [-0.2, -0.15) is 0 Å². The van der Waals surface area contributed by atoms with Crippen LogP contribution in [0.2, 0.25) is 0 Å². The first-order valence-electron chi connectivity index (χ1n) is 8.55. The fraction of sp³-hybridized carbons (Fsp3) is 0.444. The number of benzene rings is 1. The van der Waals surface area contributed by atoms with Crippen LogP contribution < -0.4 is 5.32 Å².